The van der Waals surface area contributed by atoms with E-state index in [1.165, 1.54) is 11.9 Å². The molecule has 0 saturated carbocycles. The molecule has 0 radical (unpaired) electrons. The van der Waals surface area contributed by atoms with Crippen molar-refractivity contribution in [2.75, 3.05) is 24.2 Å². The summed E-state index contributed by atoms with van der Waals surface area (Å²) < 4.78 is 14.3. The molecule has 1 aliphatic rings. The summed E-state index contributed by atoms with van der Waals surface area (Å²) in [5, 5.41) is 0. The monoisotopic (exact) mass is 240 g/mol. The second kappa shape index (κ2) is 5.96. The molecule has 0 atom stereocenters. The Kier molecular flexibility index (Phi) is 4.30. The molecule has 16 heavy (non-hydrogen) atoms. The van der Waals surface area contributed by atoms with Crippen molar-refractivity contribution in [2.24, 2.45) is 0 Å². The SMILES string of the molecule is CSNc1cccnc1OC1CCOCC1. The summed E-state index contributed by atoms with van der Waals surface area (Å²) in [6.07, 6.45) is 5.83. The van der Waals surface area contributed by atoms with Crippen molar-refractivity contribution in [3.05, 3.63) is 18.3 Å². The number of rotatable bonds is 4. The number of hydrogen-bond acceptors (Lipinski definition) is 5. The van der Waals surface area contributed by atoms with Gasteiger partial charge in [0.25, 0.3) is 0 Å². The summed E-state index contributed by atoms with van der Waals surface area (Å²) in [5.41, 5.74) is 0.932. The van der Waals surface area contributed by atoms with Gasteiger partial charge in [0.15, 0.2) is 0 Å². The van der Waals surface area contributed by atoms with Crippen LogP contribution in [0.25, 0.3) is 0 Å². The first kappa shape index (κ1) is 11.5. The third-order valence-electron chi connectivity index (χ3n) is 2.43. The molecule has 1 fully saturated rings. The number of pyridine rings is 1. The van der Waals surface area contributed by atoms with Gasteiger partial charge in [-0.2, -0.15) is 0 Å². The molecule has 2 heterocycles. The van der Waals surface area contributed by atoms with E-state index in [9.17, 15) is 0 Å². The molecule has 2 rings (SSSR count). The maximum atomic E-state index is 5.87. The van der Waals surface area contributed by atoms with Crippen molar-refractivity contribution in [3.63, 3.8) is 0 Å². The molecule has 0 unspecified atom stereocenters. The lowest BCUT2D eigenvalue weighted by molar-refractivity contribution is 0.0241. The highest BCUT2D eigenvalue weighted by Crippen LogP contribution is 2.25. The van der Waals surface area contributed by atoms with Gasteiger partial charge in [0.1, 0.15) is 11.8 Å². The van der Waals surface area contributed by atoms with Crippen LogP contribution in [0.3, 0.4) is 0 Å². The largest absolute Gasteiger partial charge is 0.473 e. The molecule has 5 heteroatoms. The van der Waals surface area contributed by atoms with Crippen LogP contribution in [0.1, 0.15) is 12.8 Å². The zero-order valence-electron chi connectivity index (χ0n) is 9.31. The lowest BCUT2D eigenvalue weighted by Gasteiger charge is -2.23. The van der Waals surface area contributed by atoms with Gasteiger partial charge in [-0.3, -0.25) is 0 Å². The average Bonchev–Trinajstić information content (AvgIpc) is 2.33. The van der Waals surface area contributed by atoms with Gasteiger partial charge in [0, 0.05) is 25.3 Å². The van der Waals surface area contributed by atoms with Crippen molar-refractivity contribution >= 4 is 17.6 Å². The Bertz CT molecular complexity index is 330. The minimum atomic E-state index is 0.228. The van der Waals surface area contributed by atoms with Gasteiger partial charge in [0.05, 0.1) is 13.2 Å². The molecule has 1 aromatic heterocycles. The van der Waals surface area contributed by atoms with Crippen LogP contribution in [0, 0.1) is 0 Å². The fraction of sp³-hybridized carbons (Fsp3) is 0.545. The normalized spacial score (nSPS) is 17.1. The topological polar surface area (TPSA) is 43.4 Å². The molecule has 88 valence electrons. The van der Waals surface area contributed by atoms with Crippen molar-refractivity contribution in [1.82, 2.24) is 4.98 Å². The minimum Gasteiger partial charge on any atom is -0.473 e. The first-order chi connectivity index (χ1) is 7.90. The number of nitrogens with zero attached hydrogens (tertiary/aromatic N) is 1. The third kappa shape index (κ3) is 3.02. The molecule has 1 N–H and O–H groups in total. The van der Waals surface area contributed by atoms with Crippen LogP contribution < -0.4 is 9.46 Å². The lowest BCUT2D eigenvalue weighted by Crippen LogP contribution is -2.26. The number of aromatic nitrogens is 1. The van der Waals surface area contributed by atoms with Gasteiger partial charge in [-0.25, -0.2) is 4.98 Å². The molecule has 0 aromatic carbocycles. The van der Waals surface area contributed by atoms with Crippen LogP contribution in [-0.4, -0.2) is 30.6 Å². The molecule has 1 aromatic rings. The van der Waals surface area contributed by atoms with E-state index in [0.29, 0.717) is 5.88 Å². The van der Waals surface area contributed by atoms with Gasteiger partial charge in [-0.05, 0) is 12.1 Å². The molecular formula is C11H16N2O2S. The summed E-state index contributed by atoms with van der Waals surface area (Å²) in [6, 6.07) is 3.87. The quantitative estimate of drug-likeness (QED) is 0.818. The van der Waals surface area contributed by atoms with E-state index < -0.39 is 0 Å². The van der Waals surface area contributed by atoms with Crippen LogP contribution in [0.15, 0.2) is 18.3 Å². The number of hydrogen-bond donors (Lipinski definition) is 1. The maximum absolute atomic E-state index is 5.87. The molecular weight excluding hydrogens is 224 g/mol. The van der Waals surface area contributed by atoms with E-state index >= 15 is 0 Å². The van der Waals surface area contributed by atoms with Crippen molar-refractivity contribution < 1.29 is 9.47 Å². The zero-order chi connectivity index (χ0) is 11.2. The van der Waals surface area contributed by atoms with Crippen LogP contribution in [0.4, 0.5) is 5.69 Å². The van der Waals surface area contributed by atoms with Crippen LogP contribution in [0.2, 0.25) is 0 Å². The first-order valence-corrected chi connectivity index (χ1v) is 6.61. The predicted octanol–water partition coefficient (Wildman–Crippen LogP) is 2.33. The molecule has 1 saturated heterocycles. The maximum Gasteiger partial charge on any atom is 0.238 e. The second-order valence-corrected chi connectivity index (χ2v) is 4.20. The Morgan fingerprint density at radius 2 is 2.31 bits per heavy atom. The smallest absolute Gasteiger partial charge is 0.238 e. The summed E-state index contributed by atoms with van der Waals surface area (Å²) in [7, 11) is 0. The molecule has 0 spiro atoms. The fourth-order valence-corrected chi connectivity index (χ4v) is 2.00. The molecule has 0 bridgehead atoms. The molecule has 0 aliphatic carbocycles. The Morgan fingerprint density at radius 3 is 3.06 bits per heavy atom. The number of anilines is 1. The van der Waals surface area contributed by atoms with Gasteiger partial charge in [0.2, 0.25) is 5.88 Å². The Morgan fingerprint density at radius 1 is 1.50 bits per heavy atom. The highest BCUT2D eigenvalue weighted by atomic mass is 32.2. The van der Waals surface area contributed by atoms with E-state index in [4.69, 9.17) is 9.47 Å². The fourth-order valence-electron chi connectivity index (χ4n) is 1.62. The Labute approximate surface area is 99.9 Å². The summed E-state index contributed by atoms with van der Waals surface area (Å²) in [5.74, 6) is 0.684. The highest BCUT2D eigenvalue weighted by molar-refractivity contribution is 7.99. The number of nitrogens with one attached hydrogen (secondary N) is 1. The van der Waals surface area contributed by atoms with E-state index in [2.05, 4.69) is 9.71 Å². The summed E-state index contributed by atoms with van der Waals surface area (Å²) >= 11 is 1.54. The van der Waals surface area contributed by atoms with Crippen LogP contribution in [-0.2, 0) is 4.74 Å². The Hall–Kier alpha value is -0.940. The van der Waals surface area contributed by atoms with Gasteiger partial charge in [-0.15, -0.1) is 0 Å². The molecule has 4 nitrogen and oxygen atoms in total. The second-order valence-electron chi connectivity index (χ2n) is 3.59. The van der Waals surface area contributed by atoms with Crippen molar-refractivity contribution in [3.8, 4) is 5.88 Å². The zero-order valence-corrected chi connectivity index (χ0v) is 10.1. The van der Waals surface area contributed by atoms with Gasteiger partial charge >= 0.3 is 0 Å². The highest BCUT2D eigenvalue weighted by Gasteiger charge is 2.17. The van der Waals surface area contributed by atoms with Crippen LogP contribution in [0.5, 0.6) is 5.88 Å². The van der Waals surface area contributed by atoms with Crippen LogP contribution >= 0.6 is 11.9 Å². The predicted molar refractivity (Wildman–Crippen MR) is 65.8 cm³/mol. The van der Waals surface area contributed by atoms with E-state index in [0.717, 1.165) is 31.7 Å². The van der Waals surface area contributed by atoms with E-state index in [1.807, 2.05) is 18.4 Å². The van der Waals surface area contributed by atoms with Gasteiger partial charge < -0.3 is 14.2 Å². The minimum absolute atomic E-state index is 0.228. The van der Waals surface area contributed by atoms with Crippen molar-refractivity contribution in [2.45, 2.75) is 18.9 Å². The first-order valence-electron chi connectivity index (χ1n) is 5.38. The number of ether oxygens (including phenoxy) is 2. The van der Waals surface area contributed by atoms with E-state index in [-0.39, 0.29) is 6.10 Å². The lowest BCUT2D eigenvalue weighted by atomic mass is 10.1. The van der Waals surface area contributed by atoms with Gasteiger partial charge in [-0.1, -0.05) is 11.9 Å². The summed E-state index contributed by atoms with van der Waals surface area (Å²) in [4.78, 5) is 4.25. The average molecular weight is 240 g/mol. The summed E-state index contributed by atoms with van der Waals surface area (Å²) in [6.45, 7) is 1.56. The molecule has 0 amide bonds. The van der Waals surface area contributed by atoms with Crippen molar-refractivity contribution in [1.29, 1.82) is 0 Å². The Balaban J connectivity index is 2.01. The third-order valence-corrected chi connectivity index (χ3v) is 2.85. The molecule has 1 aliphatic heterocycles. The van der Waals surface area contributed by atoms with E-state index in [1.54, 1.807) is 6.20 Å². The standard InChI is InChI=1S/C11H16N2O2S/c1-16-13-10-3-2-6-12-11(10)15-9-4-7-14-8-5-9/h2-3,6,9,13H,4-5,7-8H2,1H3.